The molecule has 1 N–H and O–H groups in total. The molecule has 0 saturated carbocycles. The van der Waals surface area contributed by atoms with Gasteiger partial charge in [0, 0.05) is 0 Å². The van der Waals surface area contributed by atoms with Gasteiger partial charge in [-0.15, -0.1) is 0 Å². The van der Waals surface area contributed by atoms with E-state index in [1.807, 2.05) is 30.3 Å². The number of hydrogen-bond donors (Lipinski definition) is 1. The van der Waals surface area contributed by atoms with Crippen LogP contribution < -0.4 is 14.8 Å². The second-order valence-corrected chi connectivity index (χ2v) is 6.46. The average Bonchev–Trinajstić information content (AvgIpc) is 3.13. The van der Waals surface area contributed by atoms with E-state index < -0.39 is 0 Å². The highest BCUT2D eigenvalue weighted by Gasteiger charge is 2.15. The predicted octanol–water partition coefficient (Wildman–Crippen LogP) is 3.86. The molecule has 0 saturated heterocycles. The lowest BCUT2D eigenvalue weighted by Gasteiger charge is -2.03. The number of fused-ring (bicyclic) bond motifs is 2. The normalized spacial score (nSPS) is 12.6. The first-order valence-electron chi connectivity index (χ1n) is 6.92. The Balaban J connectivity index is 1.49. The molecule has 0 atom stereocenters. The van der Waals surface area contributed by atoms with Crippen LogP contribution in [-0.2, 0) is 11.2 Å². The first-order valence-corrected chi connectivity index (χ1v) is 8.12. The van der Waals surface area contributed by atoms with Crippen LogP contribution in [0.25, 0.3) is 10.2 Å². The summed E-state index contributed by atoms with van der Waals surface area (Å²) in [6, 6.07) is 11.0. The molecule has 0 spiro atoms. The fourth-order valence-electron chi connectivity index (χ4n) is 2.37. The van der Waals surface area contributed by atoms with E-state index in [9.17, 15) is 4.79 Å². The van der Waals surface area contributed by atoms with Crippen molar-refractivity contribution in [2.45, 2.75) is 6.42 Å². The van der Waals surface area contributed by atoms with E-state index in [-0.39, 0.29) is 19.1 Å². The number of hydrogen-bond acceptors (Lipinski definition) is 5. The maximum absolute atomic E-state index is 12.2. The van der Waals surface area contributed by atoms with Gasteiger partial charge in [0.15, 0.2) is 16.6 Å². The van der Waals surface area contributed by atoms with Crippen molar-refractivity contribution in [3.05, 3.63) is 47.0 Å². The number of nitrogens with one attached hydrogen (secondary N) is 1. The minimum absolute atomic E-state index is 0.140. The molecule has 1 amide bonds. The Morgan fingerprint density at radius 3 is 3.00 bits per heavy atom. The van der Waals surface area contributed by atoms with Gasteiger partial charge in [0.2, 0.25) is 12.7 Å². The lowest BCUT2D eigenvalue weighted by Crippen LogP contribution is -2.14. The van der Waals surface area contributed by atoms with Crippen LogP contribution in [0.15, 0.2) is 36.4 Å². The van der Waals surface area contributed by atoms with Gasteiger partial charge in [-0.1, -0.05) is 35.1 Å². The van der Waals surface area contributed by atoms with Gasteiger partial charge in [-0.2, -0.15) is 0 Å². The average molecular weight is 347 g/mol. The molecule has 7 heteroatoms. The molecule has 1 aromatic heterocycles. The molecule has 4 rings (SSSR count). The number of benzene rings is 2. The summed E-state index contributed by atoms with van der Waals surface area (Å²) < 4.78 is 11.5. The monoisotopic (exact) mass is 346 g/mol. The van der Waals surface area contributed by atoms with Crippen LogP contribution in [0.1, 0.15) is 5.56 Å². The number of para-hydroxylation sites is 1. The van der Waals surface area contributed by atoms with Crippen LogP contribution in [0, 0.1) is 0 Å². The van der Waals surface area contributed by atoms with Gasteiger partial charge in [0.1, 0.15) is 5.52 Å². The Morgan fingerprint density at radius 2 is 2.13 bits per heavy atom. The third-order valence-electron chi connectivity index (χ3n) is 3.42. The third kappa shape index (κ3) is 2.83. The molecule has 0 aliphatic carbocycles. The highest BCUT2D eigenvalue weighted by Crippen LogP contribution is 2.33. The number of thiazole rings is 1. The van der Waals surface area contributed by atoms with Crippen LogP contribution >= 0.6 is 22.9 Å². The number of halogens is 1. The maximum Gasteiger partial charge on any atom is 0.231 e. The summed E-state index contributed by atoms with van der Waals surface area (Å²) in [4.78, 5) is 16.6. The first kappa shape index (κ1) is 14.3. The summed E-state index contributed by atoms with van der Waals surface area (Å²) in [6.45, 7) is 0.220. The van der Waals surface area contributed by atoms with Gasteiger partial charge >= 0.3 is 0 Å². The minimum Gasteiger partial charge on any atom is -0.454 e. The number of ether oxygens (including phenoxy) is 2. The number of carbonyl (C=O) groups is 1. The molecule has 0 unspecified atom stereocenters. The summed E-state index contributed by atoms with van der Waals surface area (Å²) in [5, 5.41) is 3.93. The molecular weight excluding hydrogens is 336 g/mol. The quantitative estimate of drug-likeness (QED) is 0.782. The van der Waals surface area contributed by atoms with Crippen molar-refractivity contribution in [1.29, 1.82) is 0 Å². The van der Waals surface area contributed by atoms with Crippen LogP contribution in [0.3, 0.4) is 0 Å². The molecule has 116 valence electrons. The molecule has 1 aliphatic rings. The molecule has 5 nitrogen and oxygen atoms in total. The number of anilines is 1. The van der Waals surface area contributed by atoms with Crippen molar-refractivity contribution >= 4 is 44.2 Å². The van der Waals surface area contributed by atoms with Gasteiger partial charge < -0.3 is 14.8 Å². The number of carbonyl (C=O) groups excluding carboxylic acids is 1. The standard InChI is InChI=1S/C16H11ClN2O3S/c17-10-2-1-3-13-15(10)19-16(23-13)18-14(20)7-9-4-5-11-12(6-9)22-8-21-11/h1-6H,7-8H2,(H,18,19,20). The maximum atomic E-state index is 12.2. The summed E-state index contributed by atoms with van der Waals surface area (Å²) in [6.07, 6.45) is 0.236. The summed E-state index contributed by atoms with van der Waals surface area (Å²) in [5.74, 6) is 1.23. The largest absolute Gasteiger partial charge is 0.454 e. The van der Waals surface area contributed by atoms with E-state index in [4.69, 9.17) is 21.1 Å². The molecule has 0 bridgehead atoms. The molecule has 3 aromatic rings. The number of aromatic nitrogens is 1. The molecule has 0 radical (unpaired) electrons. The van der Waals surface area contributed by atoms with E-state index in [1.165, 1.54) is 11.3 Å². The zero-order chi connectivity index (χ0) is 15.8. The summed E-state index contributed by atoms with van der Waals surface area (Å²) in [7, 11) is 0. The second kappa shape index (κ2) is 5.72. The third-order valence-corrected chi connectivity index (χ3v) is 4.66. The molecule has 23 heavy (non-hydrogen) atoms. The lowest BCUT2D eigenvalue weighted by molar-refractivity contribution is -0.115. The molecule has 2 heterocycles. The van der Waals surface area contributed by atoms with Crippen LogP contribution in [-0.4, -0.2) is 17.7 Å². The van der Waals surface area contributed by atoms with Crippen molar-refractivity contribution in [1.82, 2.24) is 4.98 Å². The predicted molar refractivity (Wildman–Crippen MR) is 89.5 cm³/mol. The number of amides is 1. The fraction of sp³-hybridized carbons (Fsp3) is 0.125. The van der Waals surface area contributed by atoms with Crippen LogP contribution in [0.2, 0.25) is 5.02 Å². The number of nitrogens with zero attached hydrogens (tertiary/aromatic N) is 1. The number of rotatable bonds is 3. The van der Waals surface area contributed by atoms with Crippen molar-refractivity contribution < 1.29 is 14.3 Å². The zero-order valence-electron chi connectivity index (χ0n) is 11.8. The summed E-state index contributed by atoms with van der Waals surface area (Å²) >= 11 is 7.49. The Hall–Kier alpha value is -2.31. The van der Waals surface area contributed by atoms with E-state index >= 15 is 0 Å². The summed E-state index contributed by atoms with van der Waals surface area (Å²) in [5.41, 5.74) is 1.56. The zero-order valence-corrected chi connectivity index (χ0v) is 13.4. The molecule has 1 aliphatic heterocycles. The first-order chi connectivity index (χ1) is 11.2. The van der Waals surface area contributed by atoms with Gasteiger partial charge in [0.05, 0.1) is 16.1 Å². The fourth-order valence-corrected chi connectivity index (χ4v) is 3.55. The van der Waals surface area contributed by atoms with Gasteiger partial charge in [-0.25, -0.2) is 4.98 Å². The van der Waals surface area contributed by atoms with Crippen molar-refractivity contribution in [2.75, 3.05) is 12.1 Å². The highest BCUT2D eigenvalue weighted by molar-refractivity contribution is 7.22. The van der Waals surface area contributed by atoms with Gasteiger partial charge in [-0.05, 0) is 29.8 Å². The van der Waals surface area contributed by atoms with Crippen LogP contribution in [0.5, 0.6) is 11.5 Å². The van der Waals surface area contributed by atoms with E-state index in [0.29, 0.717) is 27.2 Å². The smallest absolute Gasteiger partial charge is 0.231 e. The lowest BCUT2D eigenvalue weighted by atomic mass is 10.1. The topological polar surface area (TPSA) is 60.5 Å². The van der Waals surface area contributed by atoms with Gasteiger partial charge in [-0.3, -0.25) is 4.79 Å². The van der Waals surface area contributed by atoms with E-state index in [2.05, 4.69) is 10.3 Å². The van der Waals surface area contributed by atoms with E-state index in [1.54, 1.807) is 6.07 Å². The molecule has 0 fully saturated rings. The highest BCUT2D eigenvalue weighted by atomic mass is 35.5. The van der Waals surface area contributed by atoms with Crippen molar-refractivity contribution in [3.63, 3.8) is 0 Å². The van der Waals surface area contributed by atoms with Gasteiger partial charge in [0.25, 0.3) is 0 Å². The van der Waals surface area contributed by atoms with E-state index in [0.717, 1.165) is 10.3 Å². The Bertz CT molecular complexity index is 909. The Kier molecular flexibility index (Phi) is 3.55. The second-order valence-electron chi connectivity index (χ2n) is 5.02. The molecule has 2 aromatic carbocycles. The molecular formula is C16H11ClN2O3S. The van der Waals surface area contributed by atoms with Crippen molar-refractivity contribution in [2.24, 2.45) is 0 Å². The Morgan fingerprint density at radius 1 is 1.26 bits per heavy atom. The Labute approximate surface area is 140 Å². The van der Waals surface area contributed by atoms with Crippen molar-refractivity contribution in [3.8, 4) is 11.5 Å². The SMILES string of the molecule is O=C(Cc1ccc2c(c1)OCO2)Nc1nc2c(Cl)cccc2s1. The van der Waals surface area contributed by atoms with Crippen LogP contribution in [0.4, 0.5) is 5.13 Å². The minimum atomic E-state index is -0.140.